The van der Waals surface area contributed by atoms with Gasteiger partial charge in [0.25, 0.3) is 0 Å². The van der Waals surface area contributed by atoms with E-state index in [4.69, 9.17) is 21.1 Å². The second kappa shape index (κ2) is 9.67. The van der Waals surface area contributed by atoms with E-state index >= 15 is 0 Å². The smallest absolute Gasteiger partial charge is 0.231 e. The van der Waals surface area contributed by atoms with Gasteiger partial charge in [-0.1, -0.05) is 23.7 Å². The lowest BCUT2D eigenvalue weighted by Gasteiger charge is -2.12. The van der Waals surface area contributed by atoms with Gasteiger partial charge in [-0.05, 0) is 35.7 Å². The van der Waals surface area contributed by atoms with E-state index in [1.54, 1.807) is 19.3 Å². The van der Waals surface area contributed by atoms with Crippen LogP contribution in [-0.4, -0.2) is 31.3 Å². The SMILES string of the molecule is CN=C(NCCc1ccc2c(c1)OCO2)NCc1ccc(Cl)nc1.I. The third-order valence-electron chi connectivity index (χ3n) is 3.62. The first kappa shape index (κ1) is 19.6. The van der Waals surface area contributed by atoms with Crippen molar-refractivity contribution in [2.75, 3.05) is 20.4 Å². The number of aromatic nitrogens is 1. The van der Waals surface area contributed by atoms with Crippen molar-refractivity contribution in [2.45, 2.75) is 13.0 Å². The lowest BCUT2D eigenvalue weighted by atomic mass is 10.1. The van der Waals surface area contributed by atoms with Gasteiger partial charge in [-0.2, -0.15) is 0 Å². The molecule has 0 bridgehead atoms. The first-order valence-corrected chi connectivity index (χ1v) is 8.06. The van der Waals surface area contributed by atoms with Gasteiger partial charge in [0.05, 0.1) is 0 Å². The minimum atomic E-state index is 0. The zero-order valence-corrected chi connectivity index (χ0v) is 16.9. The monoisotopic (exact) mass is 474 g/mol. The van der Waals surface area contributed by atoms with E-state index in [0.29, 0.717) is 18.5 Å². The number of nitrogens with zero attached hydrogens (tertiary/aromatic N) is 2. The van der Waals surface area contributed by atoms with Gasteiger partial charge in [-0.3, -0.25) is 4.99 Å². The maximum atomic E-state index is 5.78. The van der Waals surface area contributed by atoms with Gasteiger partial charge in [0, 0.05) is 26.3 Å². The second-order valence-corrected chi connectivity index (χ2v) is 5.67. The van der Waals surface area contributed by atoms with Gasteiger partial charge in [0.1, 0.15) is 5.15 Å². The van der Waals surface area contributed by atoms with E-state index in [-0.39, 0.29) is 24.0 Å². The number of nitrogens with one attached hydrogen (secondary N) is 2. The van der Waals surface area contributed by atoms with Crippen LogP contribution in [0.3, 0.4) is 0 Å². The Bertz CT molecular complexity index is 725. The number of aliphatic imine (C=N–C) groups is 1. The van der Waals surface area contributed by atoms with Crippen LogP contribution < -0.4 is 20.1 Å². The topological polar surface area (TPSA) is 67.8 Å². The summed E-state index contributed by atoms with van der Waals surface area (Å²) in [6, 6.07) is 9.71. The van der Waals surface area contributed by atoms with Gasteiger partial charge in [0.2, 0.25) is 6.79 Å². The fourth-order valence-electron chi connectivity index (χ4n) is 2.34. The molecule has 1 aromatic carbocycles. The summed E-state index contributed by atoms with van der Waals surface area (Å²) in [5.41, 5.74) is 2.22. The van der Waals surface area contributed by atoms with Crippen LogP contribution in [0.25, 0.3) is 0 Å². The van der Waals surface area contributed by atoms with Crippen molar-refractivity contribution >= 4 is 41.5 Å². The van der Waals surface area contributed by atoms with Crippen LogP contribution in [0, 0.1) is 0 Å². The number of hydrogen-bond acceptors (Lipinski definition) is 4. The van der Waals surface area contributed by atoms with Crippen LogP contribution in [0.1, 0.15) is 11.1 Å². The molecule has 134 valence electrons. The Kier molecular flexibility index (Phi) is 7.57. The van der Waals surface area contributed by atoms with Gasteiger partial charge in [-0.15, -0.1) is 24.0 Å². The fraction of sp³-hybridized carbons (Fsp3) is 0.294. The number of halogens is 2. The maximum Gasteiger partial charge on any atom is 0.231 e. The van der Waals surface area contributed by atoms with E-state index in [0.717, 1.165) is 36.0 Å². The number of ether oxygens (including phenoxy) is 2. The molecule has 0 spiro atoms. The number of pyridine rings is 1. The van der Waals surface area contributed by atoms with Crippen molar-refractivity contribution in [1.82, 2.24) is 15.6 Å². The summed E-state index contributed by atoms with van der Waals surface area (Å²) in [6.07, 6.45) is 2.61. The molecular formula is C17H20ClIN4O2. The Hall–Kier alpha value is -1.74. The Morgan fingerprint density at radius 1 is 1.16 bits per heavy atom. The number of hydrogen-bond donors (Lipinski definition) is 2. The summed E-state index contributed by atoms with van der Waals surface area (Å²) in [5, 5.41) is 7.02. The first-order valence-electron chi connectivity index (χ1n) is 7.68. The van der Waals surface area contributed by atoms with Crippen molar-refractivity contribution in [2.24, 2.45) is 4.99 Å². The minimum Gasteiger partial charge on any atom is -0.454 e. The minimum absolute atomic E-state index is 0. The molecular weight excluding hydrogens is 455 g/mol. The van der Waals surface area contributed by atoms with Crippen molar-refractivity contribution < 1.29 is 9.47 Å². The van der Waals surface area contributed by atoms with Gasteiger partial charge < -0.3 is 20.1 Å². The van der Waals surface area contributed by atoms with Gasteiger partial charge >= 0.3 is 0 Å². The highest BCUT2D eigenvalue weighted by molar-refractivity contribution is 14.0. The average Bonchev–Trinajstić information content (AvgIpc) is 3.07. The molecule has 0 atom stereocenters. The zero-order valence-electron chi connectivity index (χ0n) is 13.8. The molecule has 0 saturated heterocycles. The summed E-state index contributed by atoms with van der Waals surface area (Å²) < 4.78 is 10.7. The lowest BCUT2D eigenvalue weighted by Crippen LogP contribution is -2.37. The second-order valence-electron chi connectivity index (χ2n) is 5.28. The highest BCUT2D eigenvalue weighted by Gasteiger charge is 2.12. The molecule has 1 aliphatic rings. The highest BCUT2D eigenvalue weighted by Crippen LogP contribution is 2.32. The first-order chi connectivity index (χ1) is 11.7. The fourth-order valence-corrected chi connectivity index (χ4v) is 2.45. The van der Waals surface area contributed by atoms with Crippen molar-refractivity contribution in [3.05, 3.63) is 52.8 Å². The summed E-state index contributed by atoms with van der Waals surface area (Å²) in [6.45, 7) is 1.69. The molecule has 1 aliphatic heterocycles. The highest BCUT2D eigenvalue weighted by atomic mass is 127. The van der Waals surface area contributed by atoms with Crippen LogP contribution in [0.5, 0.6) is 11.5 Å². The number of benzene rings is 1. The summed E-state index contributed by atoms with van der Waals surface area (Å²) in [5.74, 6) is 2.36. The van der Waals surface area contributed by atoms with E-state index < -0.39 is 0 Å². The molecule has 0 saturated carbocycles. The summed E-state index contributed by atoms with van der Waals surface area (Å²) >= 11 is 5.78. The summed E-state index contributed by atoms with van der Waals surface area (Å²) in [7, 11) is 1.75. The van der Waals surface area contributed by atoms with Crippen LogP contribution in [0.2, 0.25) is 5.15 Å². The predicted molar refractivity (Wildman–Crippen MR) is 109 cm³/mol. The van der Waals surface area contributed by atoms with E-state index in [1.165, 1.54) is 5.56 Å². The van der Waals surface area contributed by atoms with Crippen molar-refractivity contribution in [3.8, 4) is 11.5 Å². The molecule has 2 heterocycles. The molecule has 0 fully saturated rings. The third kappa shape index (κ3) is 5.64. The molecule has 0 radical (unpaired) electrons. The van der Waals surface area contributed by atoms with Crippen LogP contribution >= 0.6 is 35.6 Å². The average molecular weight is 475 g/mol. The van der Waals surface area contributed by atoms with Crippen LogP contribution in [0.15, 0.2) is 41.5 Å². The number of fused-ring (bicyclic) bond motifs is 1. The third-order valence-corrected chi connectivity index (χ3v) is 3.84. The molecule has 0 aliphatic carbocycles. The van der Waals surface area contributed by atoms with E-state index in [2.05, 4.69) is 20.6 Å². The number of guanidine groups is 1. The van der Waals surface area contributed by atoms with Crippen molar-refractivity contribution in [1.29, 1.82) is 0 Å². The van der Waals surface area contributed by atoms with Crippen molar-refractivity contribution in [3.63, 3.8) is 0 Å². The molecule has 25 heavy (non-hydrogen) atoms. The molecule has 8 heteroatoms. The number of rotatable bonds is 5. The quantitative estimate of drug-likeness (QED) is 0.302. The molecule has 0 unspecified atom stereocenters. The van der Waals surface area contributed by atoms with Gasteiger partial charge in [-0.25, -0.2) is 4.98 Å². The Balaban J connectivity index is 0.00000225. The normalized spacial score (nSPS) is 12.5. The Morgan fingerprint density at radius 3 is 2.72 bits per heavy atom. The standard InChI is InChI=1S/C17H19ClN4O2.HI/c1-19-17(22-10-13-3-5-16(18)21-9-13)20-7-6-12-2-4-14-15(8-12)24-11-23-14;/h2-5,8-9H,6-7,10-11H2,1H3,(H2,19,20,22);1H. The van der Waals surface area contributed by atoms with E-state index in [9.17, 15) is 0 Å². The molecule has 2 N–H and O–H groups in total. The maximum absolute atomic E-state index is 5.78. The van der Waals surface area contributed by atoms with Crippen LogP contribution in [0.4, 0.5) is 0 Å². The van der Waals surface area contributed by atoms with Crippen LogP contribution in [-0.2, 0) is 13.0 Å². The predicted octanol–water partition coefficient (Wildman–Crippen LogP) is 2.99. The Labute approximate surface area is 169 Å². The largest absolute Gasteiger partial charge is 0.454 e. The Morgan fingerprint density at radius 2 is 1.96 bits per heavy atom. The zero-order chi connectivity index (χ0) is 16.8. The summed E-state index contributed by atoms with van der Waals surface area (Å²) in [4.78, 5) is 8.27. The van der Waals surface area contributed by atoms with Gasteiger partial charge in [0.15, 0.2) is 17.5 Å². The van der Waals surface area contributed by atoms with E-state index in [1.807, 2.05) is 24.3 Å². The molecule has 0 amide bonds. The lowest BCUT2D eigenvalue weighted by molar-refractivity contribution is 0.174. The molecule has 1 aromatic heterocycles. The molecule has 2 aromatic rings. The molecule has 3 rings (SSSR count). The molecule has 6 nitrogen and oxygen atoms in total.